The molecule has 0 radical (unpaired) electrons. The molecular weight excluding hydrogens is 326 g/mol. The van der Waals surface area contributed by atoms with Crippen LogP contribution in [0.1, 0.15) is 24.5 Å². The van der Waals surface area contributed by atoms with Crippen molar-refractivity contribution < 1.29 is 9.59 Å². The topological polar surface area (TPSA) is 52.7 Å². The SMILES string of the molecule is Cc1cc(C)cc(N2CCC(C(=O)N3CCNC(C)C3)C2=O)c1.Cl. The number of amides is 2. The van der Waals surface area contributed by atoms with Crippen molar-refractivity contribution in [3.63, 3.8) is 0 Å². The van der Waals surface area contributed by atoms with Crippen LogP contribution in [-0.2, 0) is 9.59 Å². The molecule has 2 aliphatic rings. The van der Waals surface area contributed by atoms with Gasteiger partial charge in [0.15, 0.2) is 0 Å². The van der Waals surface area contributed by atoms with Crippen LogP contribution in [0, 0.1) is 19.8 Å². The zero-order valence-corrected chi connectivity index (χ0v) is 15.4. The molecule has 2 heterocycles. The summed E-state index contributed by atoms with van der Waals surface area (Å²) in [5.41, 5.74) is 3.19. The van der Waals surface area contributed by atoms with E-state index in [9.17, 15) is 9.59 Å². The maximum atomic E-state index is 12.8. The van der Waals surface area contributed by atoms with Gasteiger partial charge >= 0.3 is 0 Å². The fraction of sp³-hybridized carbons (Fsp3) is 0.556. The summed E-state index contributed by atoms with van der Waals surface area (Å²) in [5, 5.41) is 3.33. The maximum Gasteiger partial charge on any atom is 0.239 e. The average molecular weight is 352 g/mol. The van der Waals surface area contributed by atoms with Crippen LogP contribution in [0.2, 0.25) is 0 Å². The number of aryl methyl sites for hydroxylation is 2. The fourth-order valence-electron chi connectivity index (χ4n) is 3.62. The van der Waals surface area contributed by atoms with Gasteiger partial charge in [-0.3, -0.25) is 9.59 Å². The minimum Gasteiger partial charge on any atom is -0.339 e. The molecule has 5 nitrogen and oxygen atoms in total. The van der Waals surface area contributed by atoms with Gasteiger partial charge in [-0.1, -0.05) is 6.07 Å². The number of hydrogen-bond donors (Lipinski definition) is 1. The minimum atomic E-state index is -0.513. The van der Waals surface area contributed by atoms with Gasteiger partial charge in [-0.05, 0) is 50.5 Å². The van der Waals surface area contributed by atoms with Crippen molar-refractivity contribution in [1.29, 1.82) is 0 Å². The quantitative estimate of drug-likeness (QED) is 0.828. The molecule has 2 fully saturated rings. The number of hydrogen-bond acceptors (Lipinski definition) is 3. The van der Waals surface area contributed by atoms with E-state index in [1.54, 1.807) is 4.90 Å². The van der Waals surface area contributed by atoms with E-state index >= 15 is 0 Å². The van der Waals surface area contributed by atoms with E-state index in [2.05, 4.69) is 18.3 Å². The number of piperazine rings is 1. The Hall–Kier alpha value is -1.59. The van der Waals surface area contributed by atoms with Crippen LogP contribution in [0.25, 0.3) is 0 Å². The van der Waals surface area contributed by atoms with Crippen LogP contribution in [0.15, 0.2) is 18.2 Å². The lowest BCUT2D eigenvalue weighted by Gasteiger charge is -2.33. The zero-order chi connectivity index (χ0) is 16.6. The number of carbonyl (C=O) groups excluding carboxylic acids is 2. The molecule has 1 N–H and O–H groups in total. The fourth-order valence-corrected chi connectivity index (χ4v) is 3.62. The van der Waals surface area contributed by atoms with Crippen molar-refractivity contribution in [1.82, 2.24) is 10.2 Å². The van der Waals surface area contributed by atoms with Crippen LogP contribution in [-0.4, -0.2) is 48.9 Å². The van der Waals surface area contributed by atoms with Crippen molar-refractivity contribution in [3.8, 4) is 0 Å². The number of nitrogens with one attached hydrogen (secondary N) is 1. The molecule has 1 aromatic rings. The summed E-state index contributed by atoms with van der Waals surface area (Å²) in [5.74, 6) is -0.567. The molecule has 3 rings (SSSR count). The molecule has 2 saturated heterocycles. The molecule has 2 amide bonds. The van der Waals surface area contributed by atoms with Crippen LogP contribution in [0.4, 0.5) is 5.69 Å². The van der Waals surface area contributed by atoms with Gasteiger partial charge in [-0.25, -0.2) is 0 Å². The summed E-state index contributed by atoms with van der Waals surface area (Å²) < 4.78 is 0. The highest BCUT2D eigenvalue weighted by molar-refractivity contribution is 6.09. The van der Waals surface area contributed by atoms with Crippen molar-refractivity contribution in [2.24, 2.45) is 5.92 Å². The van der Waals surface area contributed by atoms with Crippen LogP contribution < -0.4 is 10.2 Å². The lowest BCUT2D eigenvalue weighted by Crippen LogP contribution is -2.53. The molecule has 0 aromatic heterocycles. The molecule has 0 bridgehead atoms. The van der Waals surface area contributed by atoms with Crippen LogP contribution in [0.5, 0.6) is 0 Å². The monoisotopic (exact) mass is 351 g/mol. The standard InChI is InChI=1S/C18H25N3O2.ClH/c1-12-8-13(2)10-15(9-12)21-6-4-16(18(21)23)17(22)20-7-5-19-14(3)11-20;/h8-10,14,16,19H,4-7,11H2,1-3H3;1H. The molecule has 6 heteroatoms. The molecular formula is C18H26ClN3O2. The Kier molecular flexibility index (Phi) is 5.88. The van der Waals surface area contributed by atoms with Crippen LogP contribution in [0.3, 0.4) is 0 Å². The van der Waals surface area contributed by atoms with Gasteiger partial charge in [-0.2, -0.15) is 0 Å². The highest BCUT2D eigenvalue weighted by atomic mass is 35.5. The first-order chi connectivity index (χ1) is 11.0. The maximum absolute atomic E-state index is 12.8. The first-order valence-corrected chi connectivity index (χ1v) is 8.37. The lowest BCUT2D eigenvalue weighted by atomic mass is 10.1. The minimum absolute atomic E-state index is 0. The van der Waals surface area contributed by atoms with Gasteiger partial charge in [0.2, 0.25) is 11.8 Å². The second kappa shape index (κ2) is 7.53. The van der Waals surface area contributed by atoms with E-state index in [-0.39, 0.29) is 24.2 Å². The van der Waals surface area contributed by atoms with E-state index in [4.69, 9.17) is 0 Å². The van der Waals surface area contributed by atoms with E-state index in [0.29, 0.717) is 32.1 Å². The number of anilines is 1. The molecule has 0 spiro atoms. The first kappa shape index (κ1) is 18.7. The predicted octanol–water partition coefficient (Wildman–Crippen LogP) is 1.90. The van der Waals surface area contributed by atoms with E-state index in [1.807, 2.05) is 30.9 Å². The molecule has 0 saturated carbocycles. The molecule has 24 heavy (non-hydrogen) atoms. The second-order valence-corrected chi connectivity index (χ2v) is 6.82. The van der Waals surface area contributed by atoms with E-state index in [0.717, 1.165) is 23.4 Å². The van der Waals surface area contributed by atoms with Crippen LogP contribution >= 0.6 is 12.4 Å². The molecule has 0 aliphatic carbocycles. The van der Waals surface area contributed by atoms with Gasteiger partial charge in [0.05, 0.1) is 0 Å². The average Bonchev–Trinajstić information content (AvgIpc) is 2.87. The lowest BCUT2D eigenvalue weighted by molar-refractivity contribution is -0.140. The normalized spacial score (nSPS) is 24.0. The Morgan fingerprint density at radius 3 is 2.46 bits per heavy atom. The van der Waals surface area contributed by atoms with Crippen molar-refractivity contribution >= 4 is 29.9 Å². The molecule has 2 aliphatic heterocycles. The summed E-state index contributed by atoms with van der Waals surface area (Å²) in [4.78, 5) is 29.1. The molecule has 132 valence electrons. The van der Waals surface area contributed by atoms with Gasteiger partial charge in [-0.15, -0.1) is 12.4 Å². The van der Waals surface area contributed by atoms with Crippen molar-refractivity contribution in [2.45, 2.75) is 33.2 Å². The Labute approximate surface area is 149 Å². The third kappa shape index (κ3) is 3.73. The van der Waals surface area contributed by atoms with E-state index < -0.39 is 5.92 Å². The Bertz CT molecular complexity index is 614. The number of rotatable bonds is 2. The third-order valence-electron chi connectivity index (χ3n) is 4.70. The van der Waals surface area contributed by atoms with Gasteiger partial charge in [0.1, 0.15) is 5.92 Å². The summed E-state index contributed by atoms with van der Waals surface area (Å²) >= 11 is 0. The number of carbonyl (C=O) groups is 2. The van der Waals surface area contributed by atoms with Gasteiger partial charge in [0, 0.05) is 37.9 Å². The van der Waals surface area contributed by atoms with Gasteiger partial charge in [0.25, 0.3) is 0 Å². The predicted molar refractivity (Wildman–Crippen MR) is 97.7 cm³/mol. The number of nitrogens with zero attached hydrogens (tertiary/aromatic N) is 2. The largest absolute Gasteiger partial charge is 0.339 e. The molecule has 2 atom stereocenters. The molecule has 2 unspecified atom stereocenters. The Balaban J connectivity index is 0.00000208. The van der Waals surface area contributed by atoms with E-state index in [1.165, 1.54) is 0 Å². The molecule has 1 aromatic carbocycles. The van der Waals surface area contributed by atoms with Crippen molar-refractivity contribution in [2.75, 3.05) is 31.1 Å². The highest BCUT2D eigenvalue weighted by Crippen LogP contribution is 2.28. The number of benzene rings is 1. The number of halogens is 1. The highest BCUT2D eigenvalue weighted by Gasteiger charge is 2.40. The summed E-state index contributed by atoms with van der Waals surface area (Å²) in [6, 6.07) is 6.42. The first-order valence-electron chi connectivity index (χ1n) is 8.37. The summed E-state index contributed by atoms with van der Waals surface area (Å²) in [6.07, 6.45) is 0.614. The van der Waals surface area contributed by atoms with Gasteiger partial charge < -0.3 is 15.1 Å². The smallest absolute Gasteiger partial charge is 0.239 e. The Morgan fingerprint density at radius 2 is 1.83 bits per heavy atom. The summed E-state index contributed by atoms with van der Waals surface area (Å²) in [7, 11) is 0. The third-order valence-corrected chi connectivity index (χ3v) is 4.70. The Morgan fingerprint density at radius 1 is 1.17 bits per heavy atom. The van der Waals surface area contributed by atoms with Crippen molar-refractivity contribution in [3.05, 3.63) is 29.3 Å². The summed E-state index contributed by atoms with van der Waals surface area (Å²) in [6.45, 7) is 8.93. The second-order valence-electron chi connectivity index (χ2n) is 6.82. The zero-order valence-electron chi connectivity index (χ0n) is 14.5.